The maximum atomic E-state index is 12.1. The fourth-order valence-electron chi connectivity index (χ4n) is 1.65. The number of Topliss-reactive ketones (excluding diaryl/α,β-unsaturated/α-hetero) is 1. The topological polar surface area (TPSA) is 42.9 Å². The number of carbonyl (C=O) groups is 1. The molecule has 0 N–H and O–H groups in total. The largest absolute Gasteiger partial charge is 0.293 e. The van der Waals surface area contributed by atoms with Gasteiger partial charge in [-0.2, -0.15) is 0 Å². The van der Waals surface area contributed by atoms with Crippen LogP contribution in [-0.2, 0) is 0 Å². The lowest BCUT2D eigenvalue weighted by atomic mass is 10.1. The molecule has 19 heavy (non-hydrogen) atoms. The third-order valence-electron chi connectivity index (χ3n) is 2.47. The zero-order chi connectivity index (χ0) is 13.8. The Morgan fingerprint density at radius 1 is 1.21 bits per heavy atom. The van der Waals surface area contributed by atoms with Gasteiger partial charge in [0, 0.05) is 21.4 Å². The molecule has 0 saturated heterocycles. The molecule has 3 nitrogen and oxygen atoms in total. The summed E-state index contributed by atoms with van der Waals surface area (Å²) in [6.07, 6.45) is 0. The first kappa shape index (κ1) is 14.2. The maximum absolute atomic E-state index is 12.1. The van der Waals surface area contributed by atoms with Crippen molar-refractivity contribution in [3.05, 3.63) is 51.8 Å². The molecule has 0 atom stereocenters. The first-order chi connectivity index (χ1) is 9.06. The summed E-state index contributed by atoms with van der Waals surface area (Å²) < 4.78 is 0.821. The van der Waals surface area contributed by atoms with Crippen molar-refractivity contribution in [2.45, 2.75) is 19.0 Å². The smallest absolute Gasteiger partial charge is 0.188 e. The molecule has 1 heterocycles. The van der Waals surface area contributed by atoms with Crippen molar-refractivity contribution in [1.29, 1.82) is 0 Å². The Balaban J connectivity index is 2.07. The third kappa shape index (κ3) is 3.88. The number of carbonyl (C=O) groups excluding carboxylic acids is 1. The molecule has 5 heteroatoms. The molecule has 1 aromatic carbocycles. The van der Waals surface area contributed by atoms with E-state index in [0.29, 0.717) is 16.5 Å². The van der Waals surface area contributed by atoms with Gasteiger partial charge in [0.05, 0.1) is 5.75 Å². The highest BCUT2D eigenvalue weighted by molar-refractivity contribution is 9.10. The van der Waals surface area contributed by atoms with E-state index in [9.17, 15) is 4.79 Å². The molecule has 0 unspecified atom stereocenters. The second kappa shape index (κ2) is 6.30. The van der Waals surface area contributed by atoms with Crippen LogP contribution >= 0.6 is 27.7 Å². The van der Waals surface area contributed by atoms with E-state index in [-0.39, 0.29) is 5.78 Å². The monoisotopic (exact) mass is 336 g/mol. The zero-order valence-corrected chi connectivity index (χ0v) is 13.1. The first-order valence-electron chi connectivity index (χ1n) is 5.79. The summed E-state index contributed by atoms with van der Waals surface area (Å²) in [5.74, 6) is 0.408. The van der Waals surface area contributed by atoms with Crippen molar-refractivity contribution < 1.29 is 4.79 Å². The van der Waals surface area contributed by atoms with Crippen LogP contribution < -0.4 is 0 Å². The van der Waals surface area contributed by atoms with E-state index in [0.717, 1.165) is 15.9 Å². The van der Waals surface area contributed by atoms with Gasteiger partial charge in [0.15, 0.2) is 10.9 Å². The lowest BCUT2D eigenvalue weighted by molar-refractivity contribution is 0.102. The van der Waals surface area contributed by atoms with Gasteiger partial charge in [0.2, 0.25) is 0 Å². The number of aryl methyl sites for hydroxylation is 2. The molecular weight excluding hydrogens is 324 g/mol. The minimum absolute atomic E-state index is 0.0697. The summed E-state index contributed by atoms with van der Waals surface area (Å²) in [5, 5.41) is 0.651. The van der Waals surface area contributed by atoms with Crippen LogP contribution in [0.5, 0.6) is 0 Å². The normalized spacial score (nSPS) is 10.5. The number of hydrogen-bond donors (Lipinski definition) is 0. The number of benzene rings is 1. The van der Waals surface area contributed by atoms with Crippen molar-refractivity contribution in [3.63, 3.8) is 0 Å². The van der Waals surface area contributed by atoms with Gasteiger partial charge in [0.1, 0.15) is 0 Å². The molecule has 0 aliphatic carbocycles. The highest BCUT2D eigenvalue weighted by Crippen LogP contribution is 2.20. The van der Waals surface area contributed by atoms with E-state index in [1.54, 1.807) is 0 Å². The molecule has 98 valence electrons. The van der Waals surface area contributed by atoms with E-state index >= 15 is 0 Å². The predicted octanol–water partition coefficient (Wildman–Crippen LogP) is 3.83. The number of nitrogens with zero attached hydrogens (tertiary/aromatic N) is 2. The summed E-state index contributed by atoms with van der Waals surface area (Å²) in [7, 11) is 0. The second-order valence-corrected chi connectivity index (χ2v) is 5.92. The average Bonchev–Trinajstić information content (AvgIpc) is 2.35. The lowest BCUT2D eigenvalue weighted by Crippen LogP contribution is -2.04. The minimum atomic E-state index is 0.0697. The van der Waals surface area contributed by atoms with E-state index in [1.807, 2.05) is 44.2 Å². The van der Waals surface area contributed by atoms with Crippen LogP contribution in [0.15, 0.2) is 40.0 Å². The standard InChI is InChI=1S/C14H13BrN2OS/c1-9-7-10(2)17-14(16-9)19-8-13(18)11-5-3-4-6-12(11)15/h3-7H,8H2,1-2H3. The van der Waals surface area contributed by atoms with Gasteiger partial charge in [-0.15, -0.1) is 0 Å². The number of rotatable bonds is 4. The summed E-state index contributed by atoms with van der Waals surface area (Å²) in [5.41, 5.74) is 2.53. The van der Waals surface area contributed by atoms with Gasteiger partial charge < -0.3 is 0 Å². The highest BCUT2D eigenvalue weighted by Gasteiger charge is 2.11. The third-order valence-corrected chi connectivity index (χ3v) is 4.01. The Kier molecular flexibility index (Phi) is 4.71. The second-order valence-electron chi connectivity index (χ2n) is 4.12. The fraction of sp³-hybridized carbons (Fsp3) is 0.214. The van der Waals surface area contributed by atoms with Gasteiger partial charge in [-0.1, -0.05) is 45.9 Å². The van der Waals surface area contributed by atoms with E-state index in [1.165, 1.54) is 11.8 Å². The Bertz CT molecular complexity index is 596. The van der Waals surface area contributed by atoms with Crippen molar-refractivity contribution >= 4 is 33.5 Å². The Hall–Kier alpha value is -1.20. The summed E-state index contributed by atoms with van der Waals surface area (Å²) >= 11 is 4.75. The van der Waals surface area contributed by atoms with Gasteiger partial charge >= 0.3 is 0 Å². The Morgan fingerprint density at radius 3 is 2.47 bits per heavy atom. The fourth-order valence-corrected chi connectivity index (χ4v) is 2.99. The van der Waals surface area contributed by atoms with Crippen LogP contribution in [0.2, 0.25) is 0 Å². The summed E-state index contributed by atoms with van der Waals surface area (Å²) in [6, 6.07) is 9.34. The minimum Gasteiger partial charge on any atom is -0.293 e. The quantitative estimate of drug-likeness (QED) is 0.483. The molecule has 0 radical (unpaired) electrons. The maximum Gasteiger partial charge on any atom is 0.188 e. The molecule has 0 aliphatic heterocycles. The molecule has 1 aromatic heterocycles. The van der Waals surface area contributed by atoms with Crippen LogP contribution in [0.25, 0.3) is 0 Å². The molecule has 0 spiro atoms. The van der Waals surface area contributed by atoms with E-state index in [2.05, 4.69) is 25.9 Å². The number of ketones is 1. The molecule has 0 aliphatic rings. The van der Waals surface area contributed by atoms with E-state index in [4.69, 9.17) is 0 Å². The summed E-state index contributed by atoms with van der Waals surface area (Å²) in [6.45, 7) is 3.85. The van der Waals surface area contributed by atoms with Crippen LogP contribution in [0, 0.1) is 13.8 Å². The van der Waals surface area contributed by atoms with Gasteiger partial charge in [-0.3, -0.25) is 4.79 Å². The van der Waals surface area contributed by atoms with E-state index < -0.39 is 0 Å². The van der Waals surface area contributed by atoms with Crippen molar-refractivity contribution in [2.24, 2.45) is 0 Å². The zero-order valence-electron chi connectivity index (χ0n) is 10.7. The first-order valence-corrected chi connectivity index (χ1v) is 7.57. The number of aromatic nitrogens is 2. The molecular formula is C14H13BrN2OS. The molecule has 0 amide bonds. The predicted molar refractivity (Wildman–Crippen MR) is 80.7 cm³/mol. The molecule has 0 fully saturated rings. The molecule has 0 saturated carbocycles. The van der Waals surface area contributed by atoms with Crippen LogP contribution in [0.4, 0.5) is 0 Å². The van der Waals surface area contributed by atoms with Crippen LogP contribution in [0.1, 0.15) is 21.7 Å². The van der Waals surface area contributed by atoms with Gasteiger partial charge in [-0.05, 0) is 26.0 Å². The average molecular weight is 337 g/mol. The van der Waals surface area contributed by atoms with Crippen molar-refractivity contribution in [2.75, 3.05) is 5.75 Å². The van der Waals surface area contributed by atoms with Crippen molar-refractivity contribution in [3.8, 4) is 0 Å². The SMILES string of the molecule is Cc1cc(C)nc(SCC(=O)c2ccccc2Br)n1. The van der Waals surface area contributed by atoms with Gasteiger partial charge in [0.25, 0.3) is 0 Å². The van der Waals surface area contributed by atoms with Gasteiger partial charge in [-0.25, -0.2) is 9.97 Å². The molecule has 2 rings (SSSR count). The highest BCUT2D eigenvalue weighted by atomic mass is 79.9. The van der Waals surface area contributed by atoms with Crippen LogP contribution in [0.3, 0.4) is 0 Å². The number of hydrogen-bond acceptors (Lipinski definition) is 4. The van der Waals surface area contributed by atoms with Crippen LogP contribution in [-0.4, -0.2) is 21.5 Å². The Morgan fingerprint density at radius 2 is 1.84 bits per heavy atom. The number of thioether (sulfide) groups is 1. The lowest BCUT2D eigenvalue weighted by Gasteiger charge is -2.04. The number of halogens is 1. The summed E-state index contributed by atoms with van der Waals surface area (Å²) in [4.78, 5) is 20.7. The van der Waals surface area contributed by atoms with Crippen molar-refractivity contribution in [1.82, 2.24) is 9.97 Å². The molecule has 0 bridgehead atoms. The Labute approximate surface area is 125 Å². The molecule has 2 aromatic rings.